The third kappa shape index (κ3) is 5.24. The second kappa shape index (κ2) is 8.69. The van der Waals surface area contributed by atoms with Gasteiger partial charge in [0.25, 0.3) is 0 Å². The second-order valence-corrected chi connectivity index (χ2v) is 6.51. The molecule has 3 nitrogen and oxygen atoms in total. The Hall–Kier alpha value is -2.07. The predicted octanol–water partition coefficient (Wildman–Crippen LogP) is 5.26. The first-order chi connectivity index (χ1) is 11.5. The first kappa shape index (κ1) is 18.3. The van der Waals surface area contributed by atoms with Crippen molar-refractivity contribution in [2.45, 2.75) is 39.7 Å². The Bertz CT molecular complexity index is 650. The van der Waals surface area contributed by atoms with Crippen LogP contribution in [0.1, 0.15) is 50.8 Å². The lowest BCUT2D eigenvalue weighted by Crippen LogP contribution is -2.30. The highest BCUT2D eigenvalue weighted by Crippen LogP contribution is 2.19. The van der Waals surface area contributed by atoms with E-state index in [1.165, 1.54) is 11.1 Å². The molecule has 2 rings (SSSR count). The minimum absolute atomic E-state index is 0.147. The van der Waals surface area contributed by atoms with E-state index < -0.39 is 0 Å². The highest BCUT2D eigenvalue weighted by molar-refractivity contribution is 7.80. The van der Waals surface area contributed by atoms with Gasteiger partial charge in [0.15, 0.2) is 5.11 Å². The number of thiocarbonyl (C=S) groups is 1. The van der Waals surface area contributed by atoms with Crippen molar-refractivity contribution in [2.24, 2.45) is 0 Å². The molecule has 4 heteroatoms. The van der Waals surface area contributed by atoms with Crippen molar-refractivity contribution in [3.8, 4) is 5.75 Å². The summed E-state index contributed by atoms with van der Waals surface area (Å²) in [6.07, 6.45) is 0. The van der Waals surface area contributed by atoms with Gasteiger partial charge in [-0.3, -0.25) is 0 Å². The van der Waals surface area contributed by atoms with Crippen LogP contribution in [0.5, 0.6) is 5.75 Å². The largest absolute Gasteiger partial charge is 0.494 e. The number of benzene rings is 2. The molecule has 0 aliphatic heterocycles. The van der Waals surface area contributed by atoms with E-state index in [9.17, 15) is 0 Å². The maximum absolute atomic E-state index is 5.44. The molecular weight excluding hydrogens is 316 g/mol. The molecule has 0 aliphatic rings. The monoisotopic (exact) mass is 342 g/mol. The van der Waals surface area contributed by atoms with E-state index in [1.54, 1.807) is 0 Å². The van der Waals surface area contributed by atoms with Crippen molar-refractivity contribution >= 4 is 23.0 Å². The Morgan fingerprint density at radius 2 is 1.54 bits per heavy atom. The van der Waals surface area contributed by atoms with Gasteiger partial charge in [0.1, 0.15) is 5.75 Å². The summed E-state index contributed by atoms with van der Waals surface area (Å²) >= 11 is 5.41. The SMILES string of the molecule is CCOc1ccc(NC(=S)NC(C)c2ccc(C(C)C)cc2)cc1. The Balaban J connectivity index is 1.91. The molecule has 2 aromatic rings. The average molecular weight is 343 g/mol. The van der Waals surface area contributed by atoms with Crippen molar-refractivity contribution in [1.29, 1.82) is 0 Å². The molecule has 0 saturated heterocycles. The summed E-state index contributed by atoms with van der Waals surface area (Å²) < 4.78 is 5.44. The molecule has 0 amide bonds. The number of anilines is 1. The molecule has 0 aliphatic carbocycles. The Labute approximate surface area is 150 Å². The fourth-order valence-corrected chi connectivity index (χ4v) is 2.71. The van der Waals surface area contributed by atoms with Crippen molar-refractivity contribution in [3.63, 3.8) is 0 Å². The zero-order valence-corrected chi connectivity index (χ0v) is 15.6. The van der Waals surface area contributed by atoms with Crippen molar-refractivity contribution in [3.05, 3.63) is 59.7 Å². The van der Waals surface area contributed by atoms with Crippen LogP contribution in [0, 0.1) is 0 Å². The summed E-state index contributed by atoms with van der Waals surface area (Å²) in [5.41, 5.74) is 3.51. The second-order valence-electron chi connectivity index (χ2n) is 6.10. The van der Waals surface area contributed by atoms with E-state index in [4.69, 9.17) is 17.0 Å². The topological polar surface area (TPSA) is 33.3 Å². The highest BCUT2D eigenvalue weighted by Gasteiger charge is 2.08. The predicted molar refractivity (Wildman–Crippen MR) is 106 cm³/mol. The fraction of sp³-hybridized carbons (Fsp3) is 0.350. The number of ether oxygens (including phenoxy) is 1. The normalized spacial score (nSPS) is 11.9. The van der Waals surface area contributed by atoms with Gasteiger partial charge in [-0.15, -0.1) is 0 Å². The van der Waals surface area contributed by atoms with Gasteiger partial charge in [-0.2, -0.15) is 0 Å². The Morgan fingerprint density at radius 3 is 2.08 bits per heavy atom. The third-order valence-corrected chi connectivity index (χ3v) is 4.09. The van der Waals surface area contributed by atoms with Crippen LogP contribution in [0.4, 0.5) is 5.69 Å². The van der Waals surface area contributed by atoms with Gasteiger partial charge in [0.2, 0.25) is 0 Å². The minimum atomic E-state index is 0.147. The van der Waals surface area contributed by atoms with Crippen molar-refractivity contribution in [1.82, 2.24) is 5.32 Å². The number of nitrogens with one attached hydrogen (secondary N) is 2. The zero-order valence-electron chi connectivity index (χ0n) is 14.8. The van der Waals surface area contributed by atoms with Crippen LogP contribution in [-0.4, -0.2) is 11.7 Å². The summed E-state index contributed by atoms with van der Waals surface area (Å²) in [7, 11) is 0. The van der Waals surface area contributed by atoms with Gasteiger partial charge in [-0.05, 0) is 67.4 Å². The highest BCUT2D eigenvalue weighted by atomic mass is 32.1. The van der Waals surface area contributed by atoms with Gasteiger partial charge < -0.3 is 15.4 Å². The van der Waals surface area contributed by atoms with E-state index in [-0.39, 0.29) is 6.04 Å². The molecule has 1 atom stereocenters. The smallest absolute Gasteiger partial charge is 0.171 e. The van der Waals surface area contributed by atoms with Crippen LogP contribution in [0.2, 0.25) is 0 Å². The van der Waals surface area contributed by atoms with Gasteiger partial charge in [0.05, 0.1) is 12.6 Å². The summed E-state index contributed by atoms with van der Waals surface area (Å²) in [5.74, 6) is 1.41. The number of hydrogen-bond acceptors (Lipinski definition) is 2. The van der Waals surface area contributed by atoms with Crippen molar-refractivity contribution in [2.75, 3.05) is 11.9 Å². The fourth-order valence-electron chi connectivity index (χ4n) is 2.42. The quantitative estimate of drug-likeness (QED) is 0.702. The molecule has 0 spiro atoms. The van der Waals surface area contributed by atoms with E-state index in [0.717, 1.165) is 11.4 Å². The van der Waals surface area contributed by atoms with E-state index in [1.807, 2.05) is 31.2 Å². The molecule has 0 heterocycles. The van der Waals surface area contributed by atoms with Crippen LogP contribution in [0.15, 0.2) is 48.5 Å². The molecule has 1 unspecified atom stereocenters. The van der Waals surface area contributed by atoms with E-state index >= 15 is 0 Å². The first-order valence-corrected chi connectivity index (χ1v) is 8.80. The molecule has 0 saturated carbocycles. The van der Waals surface area contributed by atoms with Crippen LogP contribution in [0.25, 0.3) is 0 Å². The van der Waals surface area contributed by atoms with Crippen LogP contribution in [0.3, 0.4) is 0 Å². The maximum Gasteiger partial charge on any atom is 0.171 e. The van der Waals surface area contributed by atoms with Gasteiger partial charge in [0, 0.05) is 5.69 Å². The lowest BCUT2D eigenvalue weighted by atomic mass is 10.00. The molecule has 2 N–H and O–H groups in total. The first-order valence-electron chi connectivity index (χ1n) is 8.39. The standard InChI is InChI=1S/C20H26N2OS/c1-5-23-19-12-10-18(11-13-19)22-20(24)21-15(4)17-8-6-16(7-9-17)14(2)3/h6-15H,5H2,1-4H3,(H2,21,22,24). The van der Waals surface area contributed by atoms with Gasteiger partial charge in [-0.1, -0.05) is 38.1 Å². The molecular formula is C20H26N2OS. The minimum Gasteiger partial charge on any atom is -0.494 e. The summed E-state index contributed by atoms with van der Waals surface area (Å²) in [6, 6.07) is 16.6. The number of hydrogen-bond donors (Lipinski definition) is 2. The summed E-state index contributed by atoms with van der Waals surface area (Å²) in [4.78, 5) is 0. The zero-order chi connectivity index (χ0) is 17.5. The average Bonchev–Trinajstić information content (AvgIpc) is 2.57. The van der Waals surface area contributed by atoms with Crippen LogP contribution in [-0.2, 0) is 0 Å². The van der Waals surface area contributed by atoms with E-state index in [2.05, 4.69) is 55.7 Å². The number of rotatable bonds is 6. The molecule has 0 fully saturated rings. The lowest BCUT2D eigenvalue weighted by molar-refractivity contribution is 0.340. The van der Waals surface area contributed by atoms with E-state index in [0.29, 0.717) is 17.6 Å². The van der Waals surface area contributed by atoms with Gasteiger partial charge in [-0.25, -0.2) is 0 Å². The molecule has 0 aromatic heterocycles. The lowest BCUT2D eigenvalue weighted by Gasteiger charge is -2.18. The van der Waals surface area contributed by atoms with Crippen molar-refractivity contribution < 1.29 is 4.74 Å². The van der Waals surface area contributed by atoms with Crippen LogP contribution >= 0.6 is 12.2 Å². The maximum atomic E-state index is 5.44. The molecule has 0 bridgehead atoms. The van der Waals surface area contributed by atoms with Gasteiger partial charge >= 0.3 is 0 Å². The third-order valence-electron chi connectivity index (χ3n) is 3.87. The summed E-state index contributed by atoms with van der Waals surface area (Å²) in [6.45, 7) is 9.15. The molecule has 2 aromatic carbocycles. The summed E-state index contributed by atoms with van der Waals surface area (Å²) in [5, 5.41) is 7.14. The Kier molecular flexibility index (Phi) is 6.62. The van der Waals surface area contributed by atoms with Crippen LogP contribution < -0.4 is 15.4 Å². The molecule has 0 radical (unpaired) electrons. The molecule has 24 heavy (non-hydrogen) atoms. The Morgan fingerprint density at radius 1 is 0.958 bits per heavy atom. The molecule has 128 valence electrons.